The van der Waals surface area contributed by atoms with E-state index >= 15 is 0 Å². The number of hydrogen-bond donors (Lipinski definition) is 1. The molecule has 1 aromatic rings. The topological polar surface area (TPSA) is 39.1 Å². The van der Waals surface area contributed by atoms with E-state index in [1.807, 2.05) is 12.5 Å². The summed E-state index contributed by atoms with van der Waals surface area (Å²) in [7, 11) is 0. The lowest BCUT2D eigenvalue weighted by atomic mass is 10.1. The molecule has 16 heavy (non-hydrogen) atoms. The molecule has 0 aliphatic carbocycles. The molecule has 2 aliphatic heterocycles. The summed E-state index contributed by atoms with van der Waals surface area (Å²) < 4.78 is 7.78. The van der Waals surface area contributed by atoms with E-state index < -0.39 is 0 Å². The van der Waals surface area contributed by atoms with Crippen LogP contribution in [0.2, 0.25) is 0 Å². The maximum Gasteiger partial charge on any atom is 0.0951 e. The molecule has 0 saturated carbocycles. The fourth-order valence-corrected chi connectivity index (χ4v) is 2.79. The van der Waals surface area contributed by atoms with Crippen LogP contribution in [0.1, 0.15) is 43.5 Å². The number of hydrogen-bond acceptors (Lipinski definition) is 3. The van der Waals surface area contributed by atoms with Gasteiger partial charge in [-0.15, -0.1) is 0 Å². The Morgan fingerprint density at radius 1 is 1.31 bits per heavy atom. The predicted molar refractivity (Wildman–Crippen MR) is 61.3 cm³/mol. The van der Waals surface area contributed by atoms with Gasteiger partial charge in [-0.25, -0.2) is 4.98 Å². The largest absolute Gasteiger partial charge is 0.381 e. The van der Waals surface area contributed by atoms with Crippen LogP contribution in [-0.2, 0) is 4.74 Å². The molecule has 4 nitrogen and oxygen atoms in total. The Morgan fingerprint density at radius 3 is 2.94 bits per heavy atom. The number of rotatable bonds is 2. The average Bonchev–Trinajstić information content (AvgIpc) is 3.01. The minimum absolute atomic E-state index is 0.519. The Morgan fingerprint density at radius 2 is 2.19 bits per heavy atom. The van der Waals surface area contributed by atoms with Crippen molar-refractivity contribution in [1.82, 2.24) is 14.9 Å². The number of aromatic nitrogens is 2. The maximum absolute atomic E-state index is 5.41. The zero-order chi connectivity index (χ0) is 10.8. The van der Waals surface area contributed by atoms with Crippen LogP contribution >= 0.6 is 0 Å². The van der Waals surface area contributed by atoms with Crippen molar-refractivity contribution >= 4 is 0 Å². The molecule has 1 unspecified atom stereocenters. The van der Waals surface area contributed by atoms with Crippen LogP contribution in [0.15, 0.2) is 12.5 Å². The zero-order valence-electron chi connectivity index (χ0n) is 9.56. The van der Waals surface area contributed by atoms with Crippen molar-refractivity contribution in [3.05, 3.63) is 18.2 Å². The molecule has 2 saturated heterocycles. The maximum atomic E-state index is 5.41. The fourth-order valence-electron chi connectivity index (χ4n) is 2.79. The van der Waals surface area contributed by atoms with Crippen molar-refractivity contribution < 1.29 is 4.74 Å². The summed E-state index contributed by atoms with van der Waals surface area (Å²) in [5.41, 5.74) is 1.37. The molecule has 0 aromatic carbocycles. The van der Waals surface area contributed by atoms with Crippen molar-refractivity contribution in [3.8, 4) is 0 Å². The summed E-state index contributed by atoms with van der Waals surface area (Å²) >= 11 is 0. The predicted octanol–water partition coefficient (Wildman–Crippen LogP) is 1.66. The molecule has 2 fully saturated rings. The van der Waals surface area contributed by atoms with Gasteiger partial charge < -0.3 is 14.6 Å². The van der Waals surface area contributed by atoms with E-state index in [1.54, 1.807) is 0 Å². The first-order valence-electron chi connectivity index (χ1n) is 6.28. The van der Waals surface area contributed by atoms with Crippen LogP contribution in [0.5, 0.6) is 0 Å². The molecule has 0 radical (unpaired) electrons. The second-order valence-electron chi connectivity index (χ2n) is 4.72. The van der Waals surface area contributed by atoms with Gasteiger partial charge in [0.25, 0.3) is 0 Å². The standard InChI is InChI=1S/C12H19N3O/c1-2-11(14-5-1)12-8-13-9-15(12)10-3-6-16-7-4-10/h8-11,14H,1-7H2. The third kappa shape index (κ3) is 1.87. The van der Waals surface area contributed by atoms with Crippen molar-refractivity contribution in [3.63, 3.8) is 0 Å². The monoisotopic (exact) mass is 221 g/mol. The summed E-state index contributed by atoms with van der Waals surface area (Å²) in [5.74, 6) is 0. The highest BCUT2D eigenvalue weighted by atomic mass is 16.5. The first-order valence-corrected chi connectivity index (χ1v) is 6.28. The fraction of sp³-hybridized carbons (Fsp3) is 0.750. The highest BCUT2D eigenvalue weighted by Gasteiger charge is 2.24. The van der Waals surface area contributed by atoms with Gasteiger partial charge in [0.15, 0.2) is 0 Å². The Labute approximate surface area is 96.0 Å². The molecule has 1 N–H and O–H groups in total. The number of ether oxygens (including phenoxy) is 1. The first kappa shape index (κ1) is 10.3. The zero-order valence-corrected chi connectivity index (χ0v) is 9.56. The molecule has 4 heteroatoms. The summed E-state index contributed by atoms with van der Waals surface area (Å²) in [6.07, 6.45) is 8.79. The van der Waals surface area contributed by atoms with Crippen molar-refractivity contribution in [1.29, 1.82) is 0 Å². The van der Waals surface area contributed by atoms with Gasteiger partial charge in [-0.3, -0.25) is 0 Å². The molecular weight excluding hydrogens is 202 g/mol. The highest BCUT2D eigenvalue weighted by Crippen LogP contribution is 2.28. The molecule has 0 bridgehead atoms. The highest BCUT2D eigenvalue weighted by molar-refractivity contribution is 5.08. The molecule has 1 atom stereocenters. The van der Waals surface area contributed by atoms with Crippen LogP contribution in [-0.4, -0.2) is 29.3 Å². The van der Waals surface area contributed by atoms with E-state index in [2.05, 4.69) is 14.9 Å². The van der Waals surface area contributed by atoms with Gasteiger partial charge in [0.1, 0.15) is 0 Å². The van der Waals surface area contributed by atoms with Gasteiger partial charge in [0, 0.05) is 31.5 Å². The van der Waals surface area contributed by atoms with E-state index in [0.29, 0.717) is 12.1 Å². The summed E-state index contributed by atoms with van der Waals surface area (Å²) in [6, 6.07) is 1.11. The molecule has 2 aliphatic rings. The smallest absolute Gasteiger partial charge is 0.0951 e. The molecular formula is C12H19N3O. The molecule has 0 spiro atoms. The number of imidazole rings is 1. The lowest BCUT2D eigenvalue weighted by molar-refractivity contribution is 0.0685. The summed E-state index contributed by atoms with van der Waals surface area (Å²) in [6.45, 7) is 2.92. The Kier molecular flexibility index (Phi) is 2.93. The third-order valence-corrected chi connectivity index (χ3v) is 3.70. The van der Waals surface area contributed by atoms with E-state index in [0.717, 1.165) is 32.6 Å². The van der Waals surface area contributed by atoms with E-state index in [1.165, 1.54) is 18.5 Å². The third-order valence-electron chi connectivity index (χ3n) is 3.70. The van der Waals surface area contributed by atoms with Crippen LogP contribution in [0.3, 0.4) is 0 Å². The van der Waals surface area contributed by atoms with Gasteiger partial charge in [0.05, 0.1) is 12.0 Å². The molecule has 3 rings (SSSR count). The Bertz CT molecular complexity index is 338. The second kappa shape index (κ2) is 4.55. The molecule has 3 heterocycles. The lowest BCUT2D eigenvalue weighted by Gasteiger charge is -2.26. The SMILES string of the molecule is c1ncn(C2CCOCC2)c1C1CCCN1. The number of nitrogens with one attached hydrogen (secondary N) is 1. The normalized spacial score (nSPS) is 27.4. The molecule has 0 amide bonds. The average molecular weight is 221 g/mol. The van der Waals surface area contributed by atoms with Crippen LogP contribution in [0.4, 0.5) is 0 Å². The van der Waals surface area contributed by atoms with E-state index in [4.69, 9.17) is 4.74 Å². The van der Waals surface area contributed by atoms with Crippen molar-refractivity contribution in [2.45, 2.75) is 37.8 Å². The van der Waals surface area contributed by atoms with Gasteiger partial charge >= 0.3 is 0 Å². The Hall–Kier alpha value is -0.870. The molecule has 88 valence electrons. The van der Waals surface area contributed by atoms with E-state index in [-0.39, 0.29) is 0 Å². The van der Waals surface area contributed by atoms with E-state index in [9.17, 15) is 0 Å². The first-order chi connectivity index (χ1) is 7.95. The lowest BCUT2D eigenvalue weighted by Crippen LogP contribution is -2.23. The van der Waals surface area contributed by atoms with Crippen molar-refractivity contribution in [2.75, 3.05) is 19.8 Å². The van der Waals surface area contributed by atoms with Crippen LogP contribution < -0.4 is 5.32 Å². The quantitative estimate of drug-likeness (QED) is 0.825. The summed E-state index contributed by atoms with van der Waals surface area (Å²) in [4.78, 5) is 4.32. The van der Waals surface area contributed by atoms with Gasteiger partial charge in [0.2, 0.25) is 0 Å². The van der Waals surface area contributed by atoms with Crippen LogP contribution in [0.25, 0.3) is 0 Å². The van der Waals surface area contributed by atoms with Gasteiger partial charge in [-0.1, -0.05) is 0 Å². The molecule has 1 aromatic heterocycles. The summed E-state index contributed by atoms with van der Waals surface area (Å²) in [5, 5.41) is 3.55. The second-order valence-corrected chi connectivity index (χ2v) is 4.72. The van der Waals surface area contributed by atoms with Crippen LogP contribution in [0, 0.1) is 0 Å². The minimum atomic E-state index is 0.519. The van der Waals surface area contributed by atoms with Crippen molar-refractivity contribution in [2.24, 2.45) is 0 Å². The number of nitrogens with zero attached hydrogens (tertiary/aromatic N) is 2. The van der Waals surface area contributed by atoms with Gasteiger partial charge in [-0.2, -0.15) is 0 Å². The minimum Gasteiger partial charge on any atom is -0.381 e. The Balaban J connectivity index is 1.80. The van der Waals surface area contributed by atoms with Gasteiger partial charge in [-0.05, 0) is 32.2 Å².